The van der Waals surface area contributed by atoms with Crippen molar-refractivity contribution in [2.45, 2.75) is 13.8 Å². The molecule has 0 aromatic heterocycles. The molecule has 0 aliphatic carbocycles. The number of carbonyl (C=O) groups is 4. The van der Waals surface area contributed by atoms with Crippen LogP contribution in [0.4, 0.5) is 0 Å². The Kier molecular flexibility index (Phi) is 9.89. The van der Waals surface area contributed by atoms with Crippen LogP contribution in [-0.4, -0.2) is 37.7 Å². The fourth-order valence-electron chi connectivity index (χ4n) is 0.219. The van der Waals surface area contributed by atoms with Crippen LogP contribution in [0.5, 0.6) is 0 Å². The molecule has 0 spiro atoms. The first-order valence-corrected chi connectivity index (χ1v) is 3.60. The Bertz CT molecular complexity index is 220. The van der Waals surface area contributed by atoms with Gasteiger partial charge in [0.15, 0.2) is 18.7 Å². The maximum Gasteiger partial charge on any atom is 0.344 e. The molecule has 6 nitrogen and oxygen atoms in total. The topological polar surface area (TPSA) is 86.7 Å². The number of hydrogen-bond donors (Lipinski definition) is 0. The first-order chi connectivity index (χ1) is 6.43. The van der Waals surface area contributed by atoms with Crippen LogP contribution >= 0.6 is 0 Å². The molecule has 0 saturated heterocycles. The van der Waals surface area contributed by atoms with E-state index in [0.717, 1.165) is 0 Å². The minimum atomic E-state index is -0.551. The van der Waals surface area contributed by atoms with Crippen LogP contribution in [0.15, 0.2) is 0 Å². The van der Waals surface area contributed by atoms with Crippen molar-refractivity contribution in [2.24, 2.45) is 0 Å². The SMILES string of the molecule is CC(=O)C=O.COC(=O)COC(C)=O. The minimum Gasteiger partial charge on any atom is -0.466 e. The van der Waals surface area contributed by atoms with Crippen LogP contribution in [0.3, 0.4) is 0 Å². The molecular weight excluding hydrogens is 192 g/mol. The van der Waals surface area contributed by atoms with Crippen LogP contribution in [0.1, 0.15) is 13.8 Å². The average Bonchev–Trinajstić information content (AvgIpc) is 2.14. The summed E-state index contributed by atoms with van der Waals surface area (Å²) >= 11 is 0. The van der Waals surface area contributed by atoms with Gasteiger partial charge in [0.1, 0.15) is 0 Å². The number of Topliss-reactive ketones (excluding diaryl/α,β-unsaturated/α-hetero) is 1. The molecule has 0 bridgehead atoms. The summed E-state index contributed by atoms with van der Waals surface area (Å²) in [6.07, 6.45) is 0.278. The number of hydrogen-bond acceptors (Lipinski definition) is 6. The molecule has 0 saturated carbocycles. The number of esters is 2. The molecule has 0 aromatic carbocycles. The quantitative estimate of drug-likeness (QED) is 0.350. The molecule has 0 aliphatic heterocycles. The van der Waals surface area contributed by atoms with Gasteiger partial charge in [-0.3, -0.25) is 14.4 Å². The molecule has 0 rings (SSSR count). The van der Waals surface area contributed by atoms with E-state index in [0.29, 0.717) is 0 Å². The highest BCUT2D eigenvalue weighted by atomic mass is 16.6. The van der Waals surface area contributed by atoms with Crippen molar-refractivity contribution in [3.05, 3.63) is 0 Å². The van der Waals surface area contributed by atoms with E-state index in [-0.39, 0.29) is 12.9 Å². The van der Waals surface area contributed by atoms with Gasteiger partial charge in [0.2, 0.25) is 0 Å². The third-order valence-electron chi connectivity index (χ3n) is 0.787. The zero-order valence-corrected chi connectivity index (χ0v) is 8.23. The van der Waals surface area contributed by atoms with Gasteiger partial charge >= 0.3 is 11.9 Å². The van der Waals surface area contributed by atoms with Crippen molar-refractivity contribution >= 4 is 24.0 Å². The summed E-state index contributed by atoms with van der Waals surface area (Å²) in [6.45, 7) is 2.14. The lowest BCUT2D eigenvalue weighted by molar-refractivity contribution is -0.155. The van der Waals surface area contributed by atoms with E-state index in [4.69, 9.17) is 4.79 Å². The second-order valence-corrected chi connectivity index (χ2v) is 2.08. The number of methoxy groups -OCH3 is 1. The van der Waals surface area contributed by atoms with E-state index in [1.165, 1.54) is 21.0 Å². The van der Waals surface area contributed by atoms with Gasteiger partial charge in [-0.05, 0) is 0 Å². The highest BCUT2D eigenvalue weighted by Gasteiger charge is 2.00. The van der Waals surface area contributed by atoms with E-state index in [2.05, 4.69) is 9.47 Å². The minimum absolute atomic E-state index is 0.278. The first kappa shape index (κ1) is 14.8. The molecule has 0 amide bonds. The Balaban J connectivity index is 0. The Hall–Kier alpha value is -1.72. The average molecular weight is 204 g/mol. The highest BCUT2D eigenvalue weighted by Crippen LogP contribution is 1.78. The summed E-state index contributed by atoms with van der Waals surface area (Å²) in [4.78, 5) is 38.9. The summed E-state index contributed by atoms with van der Waals surface area (Å²) in [5.74, 6) is -1.46. The van der Waals surface area contributed by atoms with Crippen LogP contribution in [0.25, 0.3) is 0 Å². The molecule has 0 N–H and O–H groups in total. The zero-order chi connectivity index (χ0) is 11.6. The summed E-state index contributed by atoms with van der Waals surface area (Å²) in [7, 11) is 1.23. The smallest absolute Gasteiger partial charge is 0.344 e. The lowest BCUT2D eigenvalue weighted by Crippen LogP contribution is -2.12. The molecule has 0 unspecified atom stereocenters. The molecule has 6 heteroatoms. The van der Waals surface area contributed by atoms with Gasteiger partial charge in [-0.25, -0.2) is 4.79 Å². The molecular formula is C8H12O6. The van der Waals surface area contributed by atoms with Gasteiger partial charge in [-0.15, -0.1) is 0 Å². The fraction of sp³-hybridized carbons (Fsp3) is 0.500. The Morgan fingerprint density at radius 2 is 1.64 bits per heavy atom. The number of rotatable bonds is 3. The molecule has 0 aliphatic rings. The number of aldehydes is 1. The lowest BCUT2D eigenvalue weighted by Gasteiger charge is -1.97. The van der Waals surface area contributed by atoms with E-state index in [1.807, 2.05) is 0 Å². The molecule has 0 aromatic rings. The molecule has 80 valence electrons. The van der Waals surface area contributed by atoms with Gasteiger partial charge in [-0.1, -0.05) is 0 Å². The van der Waals surface area contributed by atoms with Gasteiger partial charge < -0.3 is 9.47 Å². The summed E-state index contributed by atoms with van der Waals surface area (Å²) < 4.78 is 8.47. The van der Waals surface area contributed by atoms with Crippen molar-refractivity contribution in [3.63, 3.8) is 0 Å². The van der Waals surface area contributed by atoms with Crippen molar-refractivity contribution in [1.29, 1.82) is 0 Å². The lowest BCUT2D eigenvalue weighted by atomic mass is 10.5. The number of carbonyl (C=O) groups excluding carboxylic acids is 4. The molecule has 0 atom stereocenters. The number of ketones is 1. The summed E-state index contributed by atoms with van der Waals surface area (Å²) in [5.41, 5.74) is 0. The predicted molar refractivity (Wildman–Crippen MR) is 45.4 cm³/mol. The van der Waals surface area contributed by atoms with Crippen molar-refractivity contribution in [3.8, 4) is 0 Å². The van der Waals surface area contributed by atoms with Gasteiger partial charge in [0, 0.05) is 13.8 Å². The van der Waals surface area contributed by atoms with Gasteiger partial charge in [0.05, 0.1) is 7.11 Å². The summed E-state index contributed by atoms with van der Waals surface area (Å²) in [5, 5.41) is 0. The van der Waals surface area contributed by atoms with E-state index >= 15 is 0 Å². The fourth-order valence-corrected chi connectivity index (χ4v) is 0.219. The maximum atomic E-state index is 10.2. The second kappa shape index (κ2) is 9.37. The van der Waals surface area contributed by atoms with Crippen LogP contribution in [0.2, 0.25) is 0 Å². The predicted octanol–water partition coefficient (Wildman–Crippen LogP) is -0.503. The Labute approximate surface area is 81.2 Å². The normalized spacial score (nSPS) is 7.64. The van der Waals surface area contributed by atoms with Gasteiger partial charge in [-0.2, -0.15) is 0 Å². The van der Waals surface area contributed by atoms with Gasteiger partial charge in [0.25, 0.3) is 0 Å². The van der Waals surface area contributed by atoms with Crippen molar-refractivity contribution in [1.82, 2.24) is 0 Å². The summed E-state index contributed by atoms with van der Waals surface area (Å²) in [6, 6.07) is 0. The molecule has 0 radical (unpaired) electrons. The third kappa shape index (κ3) is 16.7. The van der Waals surface area contributed by atoms with Crippen molar-refractivity contribution in [2.75, 3.05) is 13.7 Å². The third-order valence-corrected chi connectivity index (χ3v) is 0.787. The molecule has 14 heavy (non-hydrogen) atoms. The van der Waals surface area contributed by atoms with E-state index < -0.39 is 17.7 Å². The van der Waals surface area contributed by atoms with E-state index in [1.54, 1.807) is 0 Å². The Morgan fingerprint density at radius 3 is 1.86 bits per heavy atom. The largest absolute Gasteiger partial charge is 0.466 e. The Morgan fingerprint density at radius 1 is 1.21 bits per heavy atom. The molecule has 0 heterocycles. The van der Waals surface area contributed by atoms with Crippen LogP contribution in [-0.2, 0) is 28.7 Å². The zero-order valence-electron chi connectivity index (χ0n) is 8.23. The number of ether oxygens (including phenoxy) is 2. The maximum absolute atomic E-state index is 10.2. The molecule has 0 fully saturated rings. The first-order valence-electron chi connectivity index (χ1n) is 3.60. The van der Waals surface area contributed by atoms with E-state index in [9.17, 15) is 14.4 Å². The van der Waals surface area contributed by atoms with Crippen molar-refractivity contribution < 1.29 is 28.7 Å². The van der Waals surface area contributed by atoms with Crippen LogP contribution in [0, 0.1) is 0 Å². The standard InChI is InChI=1S/C5H8O4.C3H4O2/c1-4(6)9-3-5(7)8-2;1-3(5)2-4/h3H2,1-2H3;2H,1H3. The van der Waals surface area contributed by atoms with Crippen LogP contribution < -0.4 is 0 Å². The highest BCUT2D eigenvalue weighted by molar-refractivity contribution is 6.23. The second-order valence-electron chi connectivity index (χ2n) is 2.08. The monoisotopic (exact) mass is 204 g/mol.